The van der Waals surface area contributed by atoms with Gasteiger partial charge in [-0.1, -0.05) is 73.8 Å². The number of carbonyl (C=O) groups is 2. The predicted molar refractivity (Wildman–Crippen MR) is 182 cm³/mol. The average Bonchev–Trinajstić information content (AvgIpc) is 3.40. The fraction of sp³-hybridized carbons (Fsp3) is 0.231. The van der Waals surface area contributed by atoms with Gasteiger partial charge in [-0.25, -0.2) is 9.59 Å². The van der Waals surface area contributed by atoms with Crippen molar-refractivity contribution in [3.8, 4) is 22.6 Å². The van der Waals surface area contributed by atoms with Crippen molar-refractivity contribution in [1.82, 2.24) is 0 Å². The number of carbonyl (C=O) groups excluding carboxylic acids is 2. The van der Waals surface area contributed by atoms with Gasteiger partial charge in [0.2, 0.25) is 0 Å². The third-order valence-corrected chi connectivity index (χ3v) is 8.29. The molecule has 8 nitrogen and oxygen atoms in total. The van der Waals surface area contributed by atoms with E-state index < -0.39 is 29.6 Å². The van der Waals surface area contributed by atoms with Crippen molar-refractivity contribution in [3.63, 3.8) is 0 Å². The maximum atomic E-state index is 11.6. The van der Waals surface area contributed by atoms with Crippen molar-refractivity contribution in [2.45, 2.75) is 44.6 Å². The van der Waals surface area contributed by atoms with Gasteiger partial charge in [0.05, 0.1) is 5.41 Å². The highest BCUT2D eigenvalue weighted by molar-refractivity contribution is 5.86. The Balaban J connectivity index is 1.61. The van der Waals surface area contributed by atoms with Crippen molar-refractivity contribution >= 4 is 11.9 Å². The molecule has 242 valence electrons. The molecule has 0 fully saturated rings. The molecule has 0 radical (unpaired) electrons. The minimum absolute atomic E-state index is 0.162. The van der Waals surface area contributed by atoms with Crippen molar-refractivity contribution < 1.29 is 28.5 Å². The molecular formula is C39H40N2O6. The number of nitrogens with two attached hydrogens (primary N) is 2. The zero-order chi connectivity index (χ0) is 33.6. The summed E-state index contributed by atoms with van der Waals surface area (Å²) in [6, 6.07) is 29.0. The van der Waals surface area contributed by atoms with E-state index in [9.17, 15) is 9.59 Å². The van der Waals surface area contributed by atoms with Crippen LogP contribution in [0.25, 0.3) is 11.1 Å². The molecule has 0 bridgehead atoms. The fourth-order valence-electron chi connectivity index (χ4n) is 6.22. The van der Waals surface area contributed by atoms with Gasteiger partial charge < -0.3 is 30.4 Å². The molecule has 8 heteroatoms. The molecule has 0 spiro atoms. The molecule has 1 aliphatic rings. The Hall–Kier alpha value is -5.18. The first-order valence-corrected chi connectivity index (χ1v) is 15.5. The monoisotopic (exact) mass is 632 g/mol. The van der Waals surface area contributed by atoms with Crippen molar-refractivity contribution in [3.05, 3.63) is 144 Å². The maximum Gasteiger partial charge on any atom is 0.330 e. The van der Waals surface area contributed by atoms with Crippen molar-refractivity contribution in [1.29, 1.82) is 0 Å². The zero-order valence-electron chi connectivity index (χ0n) is 26.7. The summed E-state index contributed by atoms with van der Waals surface area (Å²) in [5, 5.41) is 0. The summed E-state index contributed by atoms with van der Waals surface area (Å²) in [6.07, 6.45) is 1.31. The first-order chi connectivity index (χ1) is 22.8. The van der Waals surface area contributed by atoms with E-state index in [1.165, 1.54) is 0 Å². The molecule has 4 aromatic rings. The largest absolute Gasteiger partial charge is 0.489 e. The molecular weight excluding hydrogens is 592 g/mol. The topological polar surface area (TPSA) is 123 Å². The lowest BCUT2D eigenvalue weighted by molar-refractivity contribution is -0.144. The number of hydrogen-bond donors (Lipinski definition) is 2. The minimum atomic E-state index is -0.711. The Morgan fingerprint density at radius 3 is 1.47 bits per heavy atom. The molecule has 4 N–H and O–H groups in total. The Morgan fingerprint density at radius 1 is 0.681 bits per heavy atom. The Kier molecular flexibility index (Phi) is 10.2. The molecule has 2 unspecified atom stereocenters. The molecule has 0 amide bonds. The number of esters is 2. The number of ether oxygens (including phenoxy) is 4. The Bertz CT molecular complexity index is 1670. The van der Waals surface area contributed by atoms with Gasteiger partial charge in [0.15, 0.2) is 0 Å². The van der Waals surface area contributed by atoms with Crippen LogP contribution in [0.4, 0.5) is 0 Å². The van der Waals surface area contributed by atoms with Crippen LogP contribution < -0.4 is 20.9 Å². The van der Waals surface area contributed by atoms with E-state index in [4.69, 9.17) is 30.4 Å². The van der Waals surface area contributed by atoms with Crippen LogP contribution in [0.2, 0.25) is 0 Å². The SMILES string of the molecule is C=CC(=O)OC(C)COc1ccc(C2(c3ccc(OCC(C)OC(=O)C=C)c(CN)c3)c3ccccc3-c3ccccc32)cc1CN. The maximum absolute atomic E-state index is 11.6. The molecule has 47 heavy (non-hydrogen) atoms. The molecule has 0 saturated carbocycles. The summed E-state index contributed by atoms with van der Waals surface area (Å²) in [5.41, 5.74) is 20.1. The summed E-state index contributed by atoms with van der Waals surface area (Å²) in [5.74, 6) is 0.222. The van der Waals surface area contributed by atoms with E-state index in [1.54, 1.807) is 13.8 Å². The second kappa shape index (κ2) is 14.5. The van der Waals surface area contributed by atoms with Crippen LogP contribution >= 0.6 is 0 Å². The predicted octanol–water partition coefficient (Wildman–Crippen LogP) is 5.96. The quantitative estimate of drug-likeness (QED) is 0.114. The lowest BCUT2D eigenvalue weighted by Gasteiger charge is -2.35. The van der Waals surface area contributed by atoms with E-state index in [2.05, 4.69) is 86.0 Å². The zero-order valence-corrected chi connectivity index (χ0v) is 26.7. The molecule has 0 saturated heterocycles. The second-order valence-electron chi connectivity index (χ2n) is 11.4. The summed E-state index contributed by atoms with van der Waals surface area (Å²) in [7, 11) is 0. The number of rotatable bonds is 14. The number of hydrogen-bond acceptors (Lipinski definition) is 8. The van der Waals surface area contributed by atoms with E-state index >= 15 is 0 Å². The molecule has 5 rings (SSSR count). The summed E-state index contributed by atoms with van der Waals surface area (Å²) in [6.45, 7) is 11.2. The molecule has 0 aliphatic heterocycles. The standard InChI is InChI=1S/C39H40N2O6/c1-5-37(42)46-25(3)23-44-35-17-15-29(19-27(35)21-40)39(33-13-9-7-11-31(33)32-12-8-10-14-34(32)39)30-16-18-36(28(20-30)22-41)45-24-26(4)47-38(43)6-2/h5-20,25-26H,1-2,21-24,40-41H2,3-4H3. The third kappa shape index (κ3) is 6.56. The lowest BCUT2D eigenvalue weighted by atomic mass is 9.67. The van der Waals surface area contributed by atoms with Crippen molar-refractivity contribution in [2.75, 3.05) is 13.2 Å². The van der Waals surface area contributed by atoms with Gasteiger partial charge in [-0.05, 0) is 71.5 Å². The Morgan fingerprint density at radius 2 is 1.09 bits per heavy atom. The van der Waals surface area contributed by atoms with Gasteiger partial charge in [0, 0.05) is 36.4 Å². The molecule has 2 atom stereocenters. The summed E-state index contributed by atoms with van der Waals surface area (Å²) in [4.78, 5) is 23.3. The normalized spacial score (nSPS) is 13.8. The van der Waals surface area contributed by atoms with Crippen LogP contribution in [-0.2, 0) is 37.6 Å². The van der Waals surface area contributed by atoms with Crippen LogP contribution in [0.3, 0.4) is 0 Å². The highest BCUT2D eigenvalue weighted by Gasteiger charge is 2.46. The van der Waals surface area contributed by atoms with Gasteiger partial charge in [-0.15, -0.1) is 0 Å². The smallest absolute Gasteiger partial charge is 0.330 e. The first-order valence-electron chi connectivity index (χ1n) is 15.5. The Labute approximate surface area is 275 Å². The highest BCUT2D eigenvalue weighted by atomic mass is 16.6. The van der Waals surface area contributed by atoms with Crippen LogP contribution in [0.1, 0.15) is 47.2 Å². The number of benzene rings is 4. The van der Waals surface area contributed by atoms with Gasteiger partial charge in [-0.2, -0.15) is 0 Å². The van der Waals surface area contributed by atoms with Gasteiger partial charge in [-0.3, -0.25) is 0 Å². The molecule has 0 aromatic heterocycles. The highest BCUT2D eigenvalue weighted by Crippen LogP contribution is 2.56. The molecule has 4 aromatic carbocycles. The summed E-state index contributed by atoms with van der Waals surface area (Å²) < 4.78 is 22.7. The van der Waals surface area contributed by atoms with Crippen LogP contribution in [0.5, 0.6) is 11.5 Å². The van der Waals surface area contributed by atoms with E-state index in [1.807, 2.05) is 12.1 Å². The average molecular weight is 633 g/mol. The second-order valence-corrected chi connectivity index (χ2v) is 11.4. The van der Waals surface area contributed by atoms with Crippen LogP contribution in [-0.4, -0.2) is 37.4 Å². The van der Waals surface area contributed by atoms with Crippen LogP contribution in [0.15, 0.2) is 110 Å². The lowest BCUT2D eigenvalue weighted by Crippen LogP contribution is -2.29. The van der Waals surface area contributed by atoms with E-state index in [0.29, 0.717) is 11.5 Å². The van der Waals surface area contributed by atoms with Crippen LogP contribution in [0, 0.1) is 0 Å². The van der Waals surface area contributed by atoms with E-state index in [0.717, 1.165) is 56.7 Å². The number of fused-ring (bicyclic) bond motifs is 3. The third-order valence-electron chi connectivity index (χ3n) is 8.29. The van der Waals surface area contributed by atoms with Gasteiger partial charge >= 0.3 is 11.9 Å². The van der Waals surface area contributed by atoms with Gasteiger partial charge in [0.1, 0.15) is 36.9 Å². The first kappa shape index (κ1) is 33.2. The van der Waals surface area contributed by atoms with Gasteiger partial charge in [0.25, 0.3) is 0 Å². The molecule has 0 heterocycles. The van der Waals surface area contributed by atoms with Crippen molar-refractivity contribution in [2.24, 2.45) is 11.5 Å². The summed E-state index contributed by atoms with van der Waals surface area (Å²) >= 11 is 0. The van der Waals surface area contributed by atoms with E-state index in [-0.39, 0.29) is 26.3 Å². The fourth-order valence-corrected chi connectivity index (χ4v) is 6.22. The molecule has 1 aliphatic carbocycles. The minimum Gasteiger partial charge on any atom is -0.489 e.